The molecule has 1 nitrogen and oxygen atoms in total. The van der Waals surface area contributed by atoms with Crippen molar-refractivity contribution in [2.24, 2.45) is 0 Å². The fraction of sp³-hybridized carbons (Fsp3) is 0.368. The molecule has 1 aliphatic carbocycles. The molecular weight excluding hydrogens is 242 g/mol. The van der Waals surface area contributed by atoms with Crippen molar-refractivity contribution in [3.63, 3.8) is 0 Å². The summed E-state index contributed by atoms with van der Waals surface area (Å²) in [6.45, 7) is 5.43. The number of nitrogens with one attached hydrogen (secondary N) is 1. The van der Waals surface area contributed by atoms with Gasteiger partial charge in [-0.2, -0.15) is 0 Å². The number of hydrogen-bond acceptors (Lipinski definition) is 1. The Morgan fingerprint density at radius 1 is 1.10 bits per heavy atom. The largest absolute Gasteiger partial charge is 0.310 e. The summed E-state index contributed by atoms with van der Waals surface area (Å²) in [5.41, 5.74) is 5.95. The van der Waals surface area contributed by atoms with E-state index in [1.165, 1.54) is 29.5 Å². The lowest BCUT2D eigenvalue weighted by Gasteiger charge is -2.34. The van der Waals surface area contributed by atoms with Gasteiger partial charge in [0.15, 0.2) is 0 Å². The van der Waals surface area contributed by atoms with E-state index in [1.807, 2.05) is 0 Å². The molecule has 104 valence electrons. The first kappa shape index (κ1) is 13.4. The summed E-state index contributed by atoms with van der Waals surface area (Å²) in [5, 5.41) is 3.67. The minimum atomic E-state index is 0.472. The summed E-state index contributed by atoms with van der Waals surface area (Å²) in [4.78, 5) is 0. The van der Waals surface area contributed by atoms with E-state index in [-0.39, 0.29) is 0 Å². The average molecular weight is 265 g/mol. The highest BCUT2D eigenvalue weighted by Crippen LogP contribution is 2.41. The predicted molar refractivity (Wildman–Crippen MR) is 85.1 cm³/mol. The molecule has 1 N–H and O–H groups in total. The van der Waals surface area contributed by atoms with Crippen molar-refractivity contribution in [2.75, 3.05) is 6.54 Å². The van der Waals surface area contributed by atoms with Crippen molar-refractivity contribution >= 4 is 0 Å². The van der Waals surface area contributed by atoms with Gasteiger partial charge >= 0.3 is 0 Å². The maximum absolute atomic E-state index is 3.67. The average Bonchev–Trinajstić information content (AvgIpc) is 2.44. The van der Waals surface area contributed by atoms with Crippen LogP contribution in [-0.4, -0.2) is 6.54 Å². The molecule has 0 radical (unpaired) electrons. The highest BCUT2D eigenvalue weighted by Gasteiger charge is 2.28. The Hall–Kier alpha value is -1.60. The second kappa shape index (κ2) is 5.80. The van der Waals surface area contributed by atoms with Gasteiger partial charge in [0, 0.05) is 6.04 Å². The lowest BCUT2D eigenvalue weighted by atomic mass is 9.73. The summed E-state index contributed by atoms with van der Waals surface area (Å²) in [7, 11) is 0. The molecule has 2 unspecified atom stereocenters. The van der Waals surface area contributed by atoms with E-state index in [1.54, 1.807) is 5.56 Å². The van der Waals surface area contributed by atoms with Gasteiger partial charge in [0.2, 0.25) is 0 Å². The first-order valence-corrected chi connectivity index (χ1v) is 7.66. The van der Waals surface area contributed by atoms with Crippen molar-refractivity contribution in [1.82, 2.24) is 5.32 Å². The van der Waals surface area contributed by atoms with E-state index in [4.69, 9.17) is 0 Å². The number of rotatable bonds is 5. The third kappa shape index (κ3) is 2.51. The first-order valence-electron chi connectivity index (χ1n) is 7.66. The third-order valence-electron chi connectivity index (χ3n) is 4.50. The van der Waals surface area contributed by atoms with Gasteiger partial charge in [0.25, 0.3) is 0 Å². The standard InChI is InChI=1S/C19H23N/c1-3-20-19(17-10-6-4-8-14(17)2)13-16-12-15-9-5-7-11-18(15)16/h4-11,16,19-20H,3,12-13H2,1-2H3. The Morgan fingerprint density at radius 2 is 1.85 bits per heavy atom. The Kier molecular flexibility index (Phi) is 3.88. The number of hydrogen-bond donors (Lipinski definition) is 1. The maximum Gasteiger partial charge on any atom is 0.0328 e. The lowest BCUT2D eigenvalue weighted by Crippen LogP contribution is -2.27. The molecule has 0 saturated carbocycles. The molecule has 2 aromatic rings. The van der Waals surface area contributed by atoms with Crippen LogP contribution in [0.5, 0.6) is 0 Å². The summed E-state index contributed by atoms with van der Waals surface area (Å²) < 4.78 is 0. The predicted octanol–water partition coefficient (Wildman–Crippen LogP) is 4.38. The summed E-state index contributed by atoms with van der Waals surface area (Å²) >= 11 is 0. The van der Waals surface area contributed by atoms with Gasteiger partial charge < -0.3 is 5.32 Å². The van der Waals surface area contributed by atoms with Gasteiger partial charge in [-0.15, -0.1) is 0 Å². The summed E-state index contributed by atoms with van der Waals surface area (Å²) in [6.07, 6.45) is 2.44. The van der Waals surface area contributed by atoms with Crippen LogP contribution in [0.1, 0.15) is 47.6 Å². The molecular formula is C19H23N. The summed E-state index contributed by atoms with van der Waals surface area (Å²) in [5.74, 6) is 0.717. The Morgan fingerprint density at radius 3 is 2.60 bits per heavy atom. The molecule has 0 amide bonds. The highest BCUT2D eigenvalue weighted by atomic mass is 14.9. The van der Waals surface area contributed by atoms with Crippen molar-refractivity contribution in [2.45, 2.75) is 38.6 Å². The van der Waals surface area contributed by atoms with Crippen molar-refractivity contribution in [3.8, 4) is 0 Å². The molecule has 0 saturated heterocycles. The molecule has 3 rings (SSSR count). The Labute approximate surface area is 122 Å². The normalized spacial score (nSPS) is 18.2. The Bertz CT molecular complexity index is 588. The van der Waals surface area contributed by atoms with Crippen LogP contribution >= 0.6 is 0 Å². The third-order valence-corrected chi connectivity index (χ3v) is 4.50. The van der Waals surface area contributed by atoms with Gasteiger partial charge in [0.1, 0.15) is 0 Å². The monoisotopic (exact) mass is 265 g/mol. The second-order valence-corrected chi connectivity index (χ2v) is 5.80. The Balaban J connectivity index is 1.78. The SMILES string of the molecule is CCNC(CC1Cc2ccccc21)c1ccccc1C. The minimum absolute atomic E-state index is 0.472. The molecule has 20 heavy (non-hydrogen) atoms. The minimum Gasteiger partial charge on any atom is -0.310 e. The van der Waals surface area contributed by atoms with Crippen LogP contribution in [-0.2, 0) is 6.42 Å². The molecule has 0 aromatic heterocycles. The maximum atomic E-state index is 3.67. The first-order chi connectivity index (χ1) is 9.79. The number of aryl methyl sites for hydroxylation is 1. The van der Waals surface area contributed by atoms with Gasteiger partial charge in [0.05, 0.1) is 0 Å². The van der Waals surface area contributed by atoms with Crippen LogP contribution in [0.25, 0.3) is 0 Å². The van der Waals surface area contributed by atoms with Crippen molar-refractivity contribution < 1.29 is 0 Å². The topological polar surface area (TPSA) is 12.0 Å². The van der Waals surface area contributed by atoms with Crippen LogP contribution in [0.15, 0.2) is 48.5 Å². The molecule has 0 spiro atoms. The second-order valence-electron chi connectivity index (χ2n) is 5.80. The molecule has 2 aromatic carbocycles. The van der Waals surface area contributed by atoms with E-state index in [9.17, 15) is 0 Å². The van der Waals surface area contributed by atoms with Crippen LogP contribution < -0.4 is 5.32 Å². The van der Waals surface area contributed by atoms with E-state index in [0.29, 0.717) is 6.04 Å². The highest BCUT2D eigenvalue weighted by molar-refractivity contribution is 5.40. The van der Waals surface area contributed by atoms with Gasteiger partial charge in [-0.1, -0.05) is 55.5 Å². The molecule has 0 heterocycles. The lowest BCUT2D eigenvalue weighted by molar-refractivity contribution is 0.434. The number of benzene rings is 2. The fourth-order valence-electron chi connectivity index (χ4n) is 3.40. The van der Waals surface area contributed by atoms with Gasteiger partial charge in [-0.05, 0) is 54.5 Å². The number of fused-ring (bicyclic) bond motifs is 1. The molecule has 1 aliphatic rings. The molecule has 2 atom stereocenters. The molecule has 0 aliphatic heterocycles. The van der Waals surface area contributed by atoms with Crippen molar-refractivity contribution in [1.29, 1.82) is 0 Å². The van der Waals surface area contributed by atoms with Gasteiger partial charge in [-0.3, -0.25) is 0 Å². The van der Waals surface area contributed by atoms with E-state index in [0.717, 1.165) is 12.5 Å². The molecule has 0 fully saturated rings. The smallest absolute Gasteiger partial charge is 0.0328 e. The molecule has 1 heteroatoms. The fourth-order valence-corrected chi connectivity index (χ4v) is 3.40. The summed E-state index contributed by atoms with van der Waals surface area (Å²) in [6, 6.07) is 18.1. The van der Waals surface area contributed by atoms with Crippen LogP contribution in [0.2, 0.25) is 0 Å². The van der Waals surface area contributed by atoms with Crippen LogP contribution in [0.3, 0.4) is 0 Å². The van der Waals surface area contributed by atoms with Gasteiger partial charge in [-0.25, -0.2) is 0 Å². The van der Waals surface area contributed by atoms with Crippen LogP contribution in [0, 0.1) is 6.92 Å². The zero-order valence-corrected chi connectivity index (χ0v) is 12.4. The zero-order valence-electron chi connectivity index (χ0n) is 12.4. The van der Waals surface area contributed by atoms with E-state index in [2.05, 4.69) is 67.7 Å². The quantitative estimate of drug-likeness (QED) is 0.846. The van der Waals surface area contributed by atoms with E-state index >= 15 is 0 Å². The van der Waals surface area contributed by atoms with Crippen LogP contribution in [0.4, 0.5) is 0 Å². The van der Waals surface area contributed by atoms with E-state index < -0.39 is 0 Å². The molecule has 0 bridgehead atoms. The zero-order chi connectivity index (χ0) is 13.9. The van der Waals surface area contributed by atoms with Crippen molar-refractivity contribution in [3.05, 3.63) is 70.8 Å².